The van der Waals surface area contributed by atoms with E-state index in [2.05, 4.69) is 10.3 Å². The molecule has 1 aliphatic rings. The number of hydrogen-bond acceptors (Lipinski definition) is 5. The number of carbonyl (C=O) groups is 2. The Kier molecular flexibility index (Phi) is 5.35. The van der Waals surface area contributed by atoms with Gasteiger partial charge in [-0.15, -0.1) is 0 Å². The molecular formula is C21H18FN3O4. The molecule has 2 aromatic carbocycles. The average molecular weight is 395 g/mol. The van der Waals surface area contributed by atoms with Crippen molar-refractivity contribution in [3.05, 3.63) is 72.0 Å². The fourth-order valence-electron chi connectivity index (χ4n) is 3.15. The summed E-state index contributed by atoms with van der Waals surface area (Å²) < 4.78 is 24.2. The molecule has 0 aliphatic carbocycles. The minimum Gasteiger partial charge on any atom is -0.443 e. The van der Waals surface area contributed by atoms with Crippen LogP contribution in [0, 0.1) is 5.82 Å². The molecule has 0 atom stereocenters. The lowest BCUT2D eigenvalue weighted by Crippen LogP contribution is -2.41. The number of rotatable bonds is 4. The zero-order valence-electron chi connectivity index (χ0n) is 15.4. The Bertz CT molecular complexity index is 1040. The molecule has 2 heterocycles. The van der Waals surface area contributed by atoms with Crippen LogP contribution < -0.4 is 5.32 Å². The lowest BCUT2D eigenvalue weighted by Gasteiger charge is -2.26. The van der Waals surface area contributed by atoms with Crippen LogP contribution in [0.25, 0.3) is 11.3 Å². The van der Waals surface area contributed by atoms with Gasteiger partial charge in [0.15, 0.2) is 17.8 Å². The summed E-state index contributed by atoms with van der Waals surface area (Å²) in [5.41, 5.74) is 1.17. The van der Waals surface area contributed by atoms with Crippen molar-refractivity contribution in [2.75, 3.05) is 31.6 Å². The number of ether oxygens (including phenoxy) is 1. The lowest BCUT2D eigenvalue weighted by atomic mass is 10.0. The van der Waals surface area contributed by atoms with Crippen LogP contribution in [0.5, 0.6) is 0 Å². The van der Waals surface area contributed by atoms with Crippen LogP contribution in [0.2, 0.25) is 0 Å². The highest BCUT2D eigenvalue weighted by molar-refractivity contribution is 6.09. The molecule has 8 heteroatoms. The van der Waals surface area contributed by atoms with Crippen molar-refractivity contribution in [1.82, 2.24) is 9.88 Å². The summed E-state index contributed by atoms with van der Waals surface area (Å²) in [7, 11) is 0. The van der Waals surface area contributed by atoms with Crippen molar-refractivity contribution in [2.45, 2.75) is 0 Å². The van der Waals surface area contributed by atoms with Crippen molar-refractivity contribution in [1.29, 1.82) is 0 Å². The van der Waals surface area contributed by atoms with E-state index in [4.69, 9.17) is 9.15 Å². The van der Waals surface area contributed by atoms with Crippen molar-refractivity contribution >= 4 is 17.5 Å². The van der Waals surface area contributed by atoms with Crippen LogP contribution in [0.4, 0.5) is 10.1 Å². The van der Waals surface area contributed by atoms with Crippen LogP contribution in [-0.2, 0) is 4.74 Å². The minimum absolute atomic E-state index is 0.137. The van der Waals surface area contributed by atoms with Crippen LogP contribution >= 0.6 is 0 Å². The Balaban J connectivity index is 1.65. The molecule has 7 nitrogen and oxygen atoms in total. The number of nitrogens with zero attached hydrogens (tertiary/aromatic N) is 2. The zero-order valence-corrected chi connectivity index (χ0v) is 15.4. The highest BCUT2D eigenvalue weighted by Crippen LogP contribution is 2.28. The number of aromatic nitrogens is 1. The molecule has 2 amide bonds. The number of anilines is 1. The van der Waals surface area contributed by atoms with E-state index in [0.717, 1.165) is 0 Å². The summed E-state index contributed by atoms with van der Waals surface area (Å²) >= 11 is 0. The highest BCUT2D eigenvalue weighted by Gasteiger charge is 2.27. The fourth-order valence-corrected chi connectivity index (χ4v) is 3.15. The second-order valence-electron chi connectivity index (χ2n) is 6.44. The predicted octanol–water partition coefficient (Wildman–Crippen LogP) is 3.21. The van der Waals surface area contributed by atoms with Crippen molar-refractivity contribution in [3.8, 4) is 11.3 Å². The quantitative estimate of drug-likeness (QED) is 0.733. The van der Waals surface area contributed by atoms with Crippen LogP contribution in [0.3, 0.4) is 0 Å². The summed E-state index contributed by atoms with van der Waals surface area (Å²) in [6, 6.07) is 12.3. The van der Waals surface area contributed by atoms with Gasteiger partial charge in [0.1, 0.15) is 5.82 Å². The number of morpholine rings is 1. The number of benzene rings is 2. The molecule has 1 fully saturated rings. The molecule has 1 aliphatic heterocycles. The van der Waals surface area contributed by atoms with Gasteiger partial charge in [-0.2, -0.15) is 0 Å². The first-order chi connectivity index (χ1) is 14.1. The maximum Gasteiger partial charge on any atom is 0.276 e. The Morgan fingerprint density at radius 3 is 2.66 bits per heavy atom. The first kappa shape index (κ1) is 18.8. The van der Waals surface area contributed by atoms with Crippen molar-refractivity contribution < 1.29 is 23.1 Å². The van der Waals surface area contributed by atoms with E-state index in [9.17, 15) is 14.0 Å². The van der Waals surface area contributed by atoms with E-state index < -0.39 is 11.7 Å². The maximum absolute atomic E-state index is 13.4. The molecule has 4 rings (SSSR count). The van der Waals surface area contributed by atoms with Gasteiger partial charge in [0.25, 0.3) is 11.8 Å². The van der Waals surface area contributed by atoms with E-state index in [1.165, 1.54) is 24.6 Å². The Hall–Kier alpha value is -3.52. The third kappa shape index (κ3) is 4.02. The molecule has 1 saturated heterocycles. The van der Waals surface area contributed by atoms with Gasteiger partial charge in [-0.3, -0.25) is 9.59 Å². The van der Waals surface area contributed by atoms with Crippen LogP contribution in [0.1, 0.15) is 20.8 Å². The van der Waals surface area contributed by atoms with E-state index in [-0.39, 0.29) is 22.9 Å². The van der Waals surface area contributed by atoms with Gasteiger partial charge in [0.2, 0.25) is 0 Å². The topological polar surface area (TPSA) is 84.7 Å². The number of nitrogens with one attached hydrogen (secondary N) is 1. The normalized spacial score (nSPS) is 13.9. The molecule has 0 radical (unpaired) electrons. The first-order valence-corrected chi connectivity index (χ1v) is 9.10. The summed E-state index contributed by atoms with van der Waals surface area (Å²) in [5.74, 6) is -0.971. The Morgan fingerprint density at radius 1 is 1.07 bits per heavy atom. The van der Waals surface area contributed by atoms with Gasteiger partial charge in [0.05, 0.1) is 18.8 Å². The molecule has 0 spiro atoms. The monoisotopic (exact) mass is 395 g/mol. The third-order valence-corrected chi connectivity index (χ3v) is 4.57. The van der Waals surface area contributed by atoms with Crippen LogP contribution in [-0.4, -0.2) is 48.0 Å². The van der Waals surface area contributed by atoms with E-state index in [1.54, 1.807) is 35.2 Å². The van der Waals surface area contributed by atoms with Gasteiger partial charge in [-0.25, -0.2) is 9.37 Å². The van der Waals surface area contributed by atoms with E-state index >= 15 is 0 Å². The minimum atomic E-state index is -0.454. The van der Waals surface area contributed by atoms with Crippen molar-refractivity contribution in [3.63, 3.8) is 0 Å². The highest BCUT2D eigenvalue weighted by atomic mass is 19.1. The summed E-state index contributed by atoms with van der Waals surface area (Å²) in [6.07, 6.45) is 1.18. The lowest BCUT2D eigenvalue weighted by molar-refractivity contribution is 0.0299. The molecule has 0 unspecified atom stereocenters. The van der Waals surface area contributed by atoms with Gasteiger partial charge in [-0.1, -0.05) is 24.3 Å². The molecule has 29 heavy (non-hydrogen) atoms. The second-order valence-corrected chi connectivity index (χ2v) is 6.44. The number of carbonyl (C=O) groups excluding carboxylic acids is 2. The molecule has 1 aromatic heterocycles. The summed E-state index contributed by atoms with van der Waals surface area (Å²) in [5, 5.41) is 2.66. The molecule has 0 bridgehead atoms. The molecular weight excluding hydrogens is 377 g/mol. The van der Waals surface area contributed by atoms with Gasteiger partial charge < -0.3 is 19.4 Å². The fraction of sp³-hybridized carbons (Fsp3) is 0.190. The number of amides is 2. The van der Waals surface area contributed by atoms with Gasteiger partial charge >= 0.3 is 0 Å². The van der Waals surface area contributed by atoms with Crippen LogP contribution in [0.15, 0.2) is 59.3 Å². The first-order valence-electron chi connectivity index (χ1n) is 9.10. The third-order valence-electron chi connectivity index (χ3n) is 4.57. The number of halogens is 1. The Morgan fingerprint density at radius 2 is 1.86 bits per heavy atom. The molecule has 3 aromatic rings. The van der Waals surface area contributed by atoms with E-state index in [1.807, 2.05) is 0 Å². The molecule has 148 valence electrons. The zero-order chi connectivity index (χ0) is 20.2. The molecule has 0 saturated carbocycles. The van der Waals surface area contributed by atoms with Crippen molar-refractivity contribution in [2.24, 2.45) is 0 Å². The standard InChI is InChI=1S/C21H18FN3O4/c22-14-4-3-5-15(12-14)24-20(26)17-7-2-1-6-16(17)19-18(23-13-29-19)21(27)25-8-10-28-11-9-25/h1-7,12-13H,8-11H2,(H,24,26). The predicted molar refractivity (Wildman–Crippen MR) is 103 cm³/mol. The smallest absolute Gasteiger partial charge is 0.276 e. The molecule has 1 N–H and O–H groups in total. The van der Waals surface area contributed by atoms with E-state index in [0.29, 0.717) is 37.6 Å². The summed E-state index contributed by atoms with van der Waals surface area (Å²) in [4.78, 5) is 31.4. The van der Waals surface area contributed by atoms with Gasteiger partial charge in [0, 0.05) is 24.3 Å². The Labute approximate surface area is 166 Å². The maximum atomic E-state index is 13.4. The number of oxazole rings is 1. The second kappa shape index (κ2) is 8.24. The SMILES string of the molecule is O=C(Nc1cccc(F)c1)c1ccccc1-c1ocnc1C(=O)N1CCOCC1. The average Bonchev–Trinajstić information content (AvgIpc) is 3.23. The largest absolute Gasteiger partial charge is 0.443 e. The summed E-state index contributed by atoms with van der Waals surface area (Å²) in [6.45, 7) is 1.86. The number of hydrogen-bond donors (Lipinski definition) is 1. The van der Waals surface area contributed by atoms with Gasteiger partial charge in [-0.05, 0) is 24.3 Å².